The Morgan fingerprint density at radius 1 is 0.740 bits per heavy atom. The van der Waals surface area contributed by atoms with Gasteiger partial charge in [0.25, 0.3) is 11.8 Å². The molecule has 1 aromatic carbocycles. The lowest BCUT2D eigenvalue weighted by Gasteiger charge is -2.29. The van der Waals surface area contributed by atoms with Gasteiger partial charge in [0.15, 0.2) is 17.2 Å². The number of ether oxygens (including phenoxy) is 7. The number of quaternary nitrogens is 2. The fourth-order valence-electron chi connectivity index (χ4n) is 10.1. The molecule has 0 saturated carbocycles. The Bertz CT molecular complexity index is 3180. The zero-order valence-corrected chi connectivity index (χ0v) is 62.8. The van der Waals surface area contributed by atoms with Gasteiger partial charge in [0.2, 0.25) is 16.8 Å². The van der Waals surface area contributed by atoms with Gasteiger partial charge in [-0.25, -0.2) is 9.59 Å². The molecule has 1 aromatic rings. The summed E-state index contributed by atoms with van der Waals surface area (Å²) in [5, 5.41) is 60.9. The number of nitrogens with one attached hydrogen (secondary N) is 2. The van der Waals surface area contributed by atoms with Crippen molar-refractivity contribution < 1.29 is 121 Å². The number of nitrogens with two attached hydrogens (primary N) is 4. The number of Topliss-reactive ketones (excluding diaryl/α,β-unsaturated/α-hetero) is 1. The van der Waals surface area contributed by atoms with E-state index in [4.69, 9.17) is 62.0 Å². The summed E-state index contributed by atoms with van der Waals surface area (Å²) in [6.07, 6.45) is 10.5. The number of amides is 4. The van der Waals surface area contributed by atoms with E-state index in [-0.39, 0.29) is 102 Å². The lowest BCUT2D eigenvalue weighted by molar-refractivity contribution is -0.562. The van der Waals surface area contributed by atoms with Gasteiger partial charge in [0.1, 0.15) is 29.5 Å². The third-order valence-electron chi connectivity index (χ3n) is 15.9. The molecule has 27 nitrogen and oxygen atoms in total. The molecule has 4 rings (SSSR count). The summed E-state index contributed by atoms with van der Waals surface area (Å²) in [7, 11) is 7.32. The number of fused-ring (bicyclic) bond motifs is 4. The number of carbonyl (C=O) groups is 8. The second-order valence-corrected chi connectivity index (χ2v) is 26.1. The number of anilines is 1. The smallest absolute Gasteiger partial charge is 0.405 e. The van der Waals surface area contributed by atoms with Crippen LogP contribution in [0.2, 0.25) is 0 Å². The minimum atomic E-state index is -1.12. The van der Waals surface area contributed by atoms with Crippen LogP contribution < -0.4 is 56.4 Å². The molecule has 0 saturated heterocycles. The van der Waals surface area contributed by atoms with Crippen LogP contribution in [0.4, 0.5) is 21.0 Å². The number of hydrogen-bond acceptors (Lipinski definition) is 21. The Balaban J connectivity index is 0. The molecule has 1 aliphatic carbocycles. The van der Waals surface area contributed by atoms with Gasteiger partial charge in [-0.1, -0.05) is 82.9 Å². The fourth-order valence-corrected chi connectivity index (χ4v) is 10.1. The number of benzene rings is 1. The zero-order chi connectivity index (χ0) is 75.3. The summed E-state index contributed by atoms with van der Waals surface area (Å²) in [4.78, 5) is 95.3. The van der Waals surface area contributed by atoms with Crippen molar-refractivity contribution in [1.29, 1.82) is 0 Å². The topological polar surface area (TPSA) is 452 Å². The normalized spacial score (nSPS) is 27.5. The first-order chi connectivity index (χ1) is 45.5. The number of aliphatic hydroxyl groups excluding tert-OH is 2. The van der Waals surface area contributed by atoms with Crippen LogP contribution in [0.15, 0.2) is 113 Å². The van der Waals surface area contributed by atoms with E-state index in [0.717, 1.165) is 6.08 Å². The van der Waals surface area contributed by atoms with E-state index in [1.807, 2.05) is 33.8 Å². The average molecular weight is 1470 g/mol. The van der Waals surface area contributed by atoms with E-state index in [1.165, 1.54) is 61.5 Å². The van der Waals surface area contributed by atoms with Gasteiger partial charge in [-0.3, -0.25) is 24.0 Å². The molecule has 0 aromatic heterocycles. The molecule has 17 N–H and O–H groups in total. The first-order valence-corrected chi connectivity index (χ1v) is 32.2. The van der Waals surface area contributed by atoms with Crippen molar-refractivity contribution in [2.75, 3.05) is 47.4 Å². The predicted octanol–water partition coefficient (Wildman–Crippen LogP) is 1.80. The summed E-state index contributed by atoms with van der Waals surface area (Å²) in [5.41, 5.74) is 20.3. The van der Waals surface area contributed by atoms with Gasteiger partial charge in [0, 0.05) is 82.0 Å². The number of carboxylic acids is 1. The molecule has 0 fully saturated rings. The summed E-state index contributed by atoms with van der Waals surface area (Å²) < 4.78 is 38.4. The monoisotopic (exact) mass is 1470 g/mol. The number of halogens is 3. The molecule has 4 bridgehead atoms. The second kappa shape index (κ2) is 45.6. The van der Waals surface area contributed by atoms with E-state index in [0.29, 0.717) is 53.8 Å². The molecular formula is C70H108Cl3N7O20. The largest absolute Gasteiger partial charge is 1.00 e. The number of rotatable bonds is 12. The Morgan fingerprint density at radius 3 is 1.51 bits per heavy atom. The minimum Gasteiger partial charge on any atom is -1.00 e. The summed E-state index contributed by atoms with van der Waals surface area (Å²) in [6, 6.07) is 1.32. The number of aliphatic carboxylic acids is 1. The maximum atomic E-state index is 13.4. The molecule has 0 unspecified atom stereocenters. The quantitative estimate of drug-likeness (QED) is 0.0355. The number of hydrogen-bond donors (Lipinski definition) is 11. The summed E-state index contributed by atoms with van der Waals surface area (Å²) >= 11 is 4.99. The van der Waals surface area contributed by atoms with Crippen molar-refractivity contribution >= 4 is 82.2 Å². The van der Waals surface area contributed by atoms with E-state index < -0.39 is 113 Å². The van der Waals surface area contributed by atoms with Crippen molar-refractivity contribution in [3.05, 3.63) is 118 Å². The van der Waals surface area contributed by atoms with E-state index >= 15 is 0 Å². The van der Waals surface area contributed by atoms with Crippen molar-refractivity contribution in [3.8, 4) is 11.5 Å². The Labute approximate surface area is 604 Å². The van der Waals surface area contributed by atoms with Crippen molar-refractivity contribution in [1.82, 2.24) is 5.32 Å². The van der Waals surface area contributed by atoms with Gasteiger partial charge in [-0.15, -0.1) is 12.4 Å². The average Bonchev–Trinajstić information content (AvgIpc) is 0.804. The highest BCUT2D eigenvalue weighted by atomic mass is 35.5. The number of ketones is 2. The van der Waals surface area contributed by atoms with Gasteiger partial charge < -0.3 is 115 Å². The first kappa shape index (κ1) is 94.8. The van der Waals surface area contributed by atoms with E-state index in [9.17, 15) is 63.9 Å². The summed E-state index contributed by atoms with van der Waals surface area (Å²) in [6.45, 7) is 24.5. The summed E-state index contributed by atoms with van der Waals surface area (Å²) in [5.74, 6) is -4.63. The number of allylic oxidation sites excluding steroid dienone is 6. The molecule has 100 heavy (non-hydrogen) atoms. The molecule has 0 radical (unpaired) electrons. The van der Waals surface area contributed by atoms with Gasteiger partial charge >= 0.3 is 12.2 Å². The van der Waals surface area contributed by atoms with Crippen LogP contribution in [0.1, 0.15) is 121 Å². The number of phenols is 2. The van der Waals surface area contributed by atoms with Crippen LogP contribution in [0.25, 0.3) is 0 Å². The Hall–Kier alpha value is -7.25. The molecule has 12 atom stereocenters. The number of carboxylic acid groups (broad SMARTS) is 1. The molecule has 3 aliphatic rings. The molecule has 2 heterocycles. The molecule has 4 amide bonds. The van der Waals surface area contributed by atoms with E-state index in [2.05, 4.69) is 22.9 Å². The van der Waals surface area contributed by atoms with Crippen molar-refractivity contribution in [3.63, 3.8) is 0 Å². The minimum absolute atomic E-state index is 0. The SMILES string of the molecule is C=CC[NH2+]c1c(O)cc2c(O)c1C[C@@H](C)C[C@H](OC)[C@H](O)[C@@H](C)/C=C(\C)[C@H](OC(N)=O)C[C@@H](OC)/C=C\C=C(/C)C(=O)N2.CC(C)(N)C(=O)Cl.CC(C)([NH3+])C(=O)[O-].COC1=C2C[C@@H](C)C[C@H](OC)[C@H](O)[C@@H](C)/C=C(\C)[C@H](OC(N)=O)C[C@@H](OC)/C=C\C=C(/C)C(=O)NC(=CC1=O)C2=O.Cl.[Cl-]. The van der Waals surface area contributed by atoms with Gasteiger partial charge in [-0.05, 0) is 122 Å². The van der Waals surface area contributed by atoms with E-state index in [1.54, 1.807) is 89.4 Å². The fraction of sp³-hybridized carbons (Fsp3) is 0.543. The number of primary amides is 2. The van der Waals surface area contributed by atoms with Crippen molar-refractivity contribution in [2.24, 2.45) is 40.9 Å². The lowest BCUT2D eigenvalue weighted by atomic mass is 9.85. The maximum Gasteiger partial charge on any atom is 0.405 e. The van der Waals surface area contributed by atoms with Crippen LogP contribution in [0.5, 0.6) is 11.5 Å². The standard InChI is InChI=1S/C32H47N3O8.C30H42N2O9.C4H8ClNO.C4H9NO2.2ClH/c1-8-12-34-28-23-13-18(2)14-27(42-7)29(37)21(5)15-20(4)26(43-32(33)40)16-22(41-6)11-9-10-19(3)31(39)35-24(30(23)38)17-25(28)36;1-16-11-21-27(35)22(15-23(33)28(21)40-7)32-29(36)17(2)9-8-10-20(38-5)14-24(41-30(31)37)18(3)13-19(4)26(34)25(12-16)39-6;1-4(2,6)3(5)7;1-4(2,5)3(6)7;;/h8-11,15,17-18,21-22,26-27,29,34,36-38H,1,12-14,16H2,2-7H3,(H2,33,40)(H,35,39);8-10,13,15-16,19-20,24-26,34H,11-12,14H2,1-7H3,(H2,31,37)(H,32,36);6H2,1-2H3;5H2,1-2H3,(H,6,7);2*1H/b11-9-,19-10+,20-15+;10-8-,17-9+,18-13+;;;;/t18-,21+,22+,26-,27+,29-;16-,19+,20+,24-,25+,26-;;;;/m11..../s1. The van der Waals surface area contributed by atoms with Crippen LogP contribution >= 0.6 is 24.0 Å². The molecular weight excluding hydrogens is 1370 g/mol. The number of methoxy groups -OCH3 is 5. The second-order valence-electron chi connectivity index (χ2n) is 25.7. The van der Waals surface area contributed by atoms with Crippen molar-refractivity contribution in [2.45, 2.75) is 182 Å². The highest BCUT2D eigenvalue weighted by Crippen LogP contribution is 2.41. The third kappa shape index (κ3) is 32.2. The zero-order valence-electron chi connectivity index (χ0n) is 60.4. The Morgan fingerprint density at radius 2 is 1.15 bits per heavy atom. The number of phenolic OH excluding ortho intramolecular Hbond substituents is 2. The molecule has 2 aliphatic heterocycles. The van der Waals surface area contributed by atoms with Gasteiger partial charge in [-0.2, -0.15) is 0 Å². The highest BCUT2D eigenvalue weighted by Gasteiger charge is 2.35. The molecule has 30 heteroatoms. The van der Waals surface area contributed by atoms with Crippen LogP contribution in [0, 0.1) is 23.7 Å². The van der Waals surface area contributed by atoms with Crippen LogP contribution in [0.3, 0.4) is 0 Å². The lowest BCUT2D eigenvalue weighted by Crippen LogP contribution is -3.00. The maximum absolute atomic E-state index is 13.4. The highest BCUT2D eigenvalue weighted by molar-refractivity contribution is 6.65. The predicted molar refractivity (Wildman–Crippen MR) is 375 cm³/mol. The van der Waals surface area contributed by atoms with Gasteiger partial charge in [0.05, 0.1) is 72.8 Å². The number of aliphatic hydroxyl groups is 2. The number of carbonyl (C=O) groups excluding carboxylic acids is 8. The van der Waals surface area contributed by atoms with Crippen LogP contribution in [-0.2, 0) is 68.3 Å². The number of aromatic hydroxyl groups is 2. The van der Waals surface area contributed by atoms with Crippen LogP contribution in [-0.4, -0.2) is 169 Å². The first-order valence-electron chi connectivity index (χ1n) is 31.8. The molecule has 0 spiro atoms. The Kier molecular flexibility index (Phi) is 43.2. The third-order valence-corrected chi connectivity index (χ3v) is 16.4. The molecule has 564 valence electrons.